The minimum absolute atomic E-state index is 0.0447. The topological polar surface area (TPSA) is 32.8 Å². The van der Waals surface area contributed by atoms with E-state index in [1.807, 2.05) is 21.0 Å². The van der Waals surface area contributed by atoms with Gasteiger partial charge in [-0.25, -0.2) is 0 Å². The summed E-state index contributed by atoms with van der Waals surface area (Å²) < 4.78 is 5.18. The van der Waals surface area contributed by atoms with Crippen molar-refractivity contribution < 1.29 is 9.53 Å². The second-order valence-electron chi connectivity index (χ2n) is 5.64. The van der Waals surface area contributed by atoms with Gasteiger partial charge in [-0.2, -0.15) is 0 Å². The van der Waals surface area contributed by atoms with Gasteiger partial charge in [-0.1, -0.05) is 20.4 Å². The number of carbonyl (C=O) groups is 1. The standard InChI is InChI=1S/C14H26N2O2/c1-10(2)7-15(5)14(17)11(3)12(4)16(6)13-8-18-9-13/h10,12-13H,3,7-9H2,1-2,4-6H3. The van der Waals surface area contributed by atoms with Crippen LogP contribution in [0.15, 0.2) is 12.2 Å². The highest BCUT2D eigenvalue weighted by atomic mass is 16.5. The van der Waals surface area contributed by atoms with Crippen molar-refractivity contribution >= 4 is 5.91 Å². The van der Waals surface area contributed by atoms with Crippen molar-refractivity contribution in [2.45, 2.75) is 32.9 Å². The molecule has 104 valence electrons. The summed E-state index contributed by atoms with van der Waals surface area (Å²) >= 11 is 0. The van der Waals surface area contributed by atoms with Crippen molar-refractivity contribution in [1.82, 2.24) is 9.80 Å². The highest BCUT2D eigenvalue weighted by Gasteiger charge is 2.30. The Kier molecular flexibility index (Phi) is 5.35. The number of likely N-dealkylation sites (N-methyl/N-ethyl adjacent to an activating group) is 2. The Bertz CT molecular complexity index is 311. The second-order valence-corrected chi connectivity index (χ2v) is 5.64. The van der Waals surface area contributed by atoms with Crippen molar-refractivity contribution in [3.8, 4) is 0 Å². The SMILES string of the molecule is C=C(C(=O)N(C)CC(C)C)C(C)N(C)C1COC1. The molecule has 1 rings (SSSR count). The summed E-state index contributed by atoms with van der Waals surface area (Å²) in [6.07, 6.45) is 0. The van der Waals surface area contributed by atoms with Crippen LogP contribution in [-0.4, -0.2) is 61.6 Å². The molecule has 4 nitrogen and oxygen atoms in total. The average molecular weight is 254 g/mol. The van der Waals surface area contributed by atoms with Gasteiger partial charge in [-0.3, -0.25) is 9.69 Å². The highest BCUT2D eigenvalue weighted by Crippen LogP contribution is 2.17. The molecule has 0 bridgehead atoms. The summed E-state index contributed by atoms with van der Waals surface area (Å²) in [6.45, 7) is 12.5. The van der Waals surface area contributed by atoms with Crippen LogP contribution in [0.3, 0.4) is 0 Å². The molecular formula is C14H26N2O2. The average Bonchev–Trinajstić information content (AvgIpc) is 2.22. The van der Waals surface area contributed by atoms with Gasteiger partial charge in [0.2, 0.25) is 0 Å². The summed E-state index contributed by atoms with van der Waals surface area (Å²) in [5.74, 6) is 0.517. The van der Waals surface area contributed by atoms with E-state index in [0.717, 1.165) is 19.8 Å². The van der Waals surface area contributed by atoms with Crippen LogP contribution in [0.2, 0.25) is 0 Å². The van der Waals surface area contributed by atoms with Crippen LogP contribution in [0.5, 0.6) is 0 Å². The Hall–Kier alpha value is -0.870. The van der Waals surface area contributed by atoms with Gasteiger partial charge >= 0.3 is 0 Å². The molecule has 0 spiro atoms. The molecule has 0 aromatic rings. The van der Waals surface area contributed by atoms with E-state index in [-0.39, 0.29) is 11.9 Å². The van der Waals surface area contributed by atoms with Gasteiger partial charge in [0.15, 0.2) is 0 Å². The van der Waals surface area contributed by atoms with Crippen LogP contribution in [0.1, 0.15) is 20.8 Å². The van der Waals surface area contributed by atoms with E-state index in [9.17, 15) is 4.79 Å². The molecule has 0 radical (unpaired) electrons. The van der Waals surface area contributed by atoms with Crippen molar-refractivity contribution in [3.63, 3.8) is 0 Å². The molecule has 1 atom stereocenters. The maximum absolute atomic E-state index is 12.2. The lowest BCUT2D eigenvalue weighted by atomic mass is 10.0. The lowest BCUT2D eigenvalue weighted by molar-refractivity contribution is -0.127. The van der Waals surface area contributed by atoms with Crippen LogP contribution < -0.4 is 0 Å². The first-order valence-corrected chi connectivity index (χ1v) is 6.58. The first-order chi connectivity index (χ1) is 8.34. The van der Waals surface area contributed by atoms with E-state index < -0.39 is 0 Å². The predicted molar refractivity (Wildman–Crippen MR) is 73.4 cm³/mol. The molecule has 1 fully saturated rings. The third-order valence-electron chi connectivity index (χ3n) is 3.57. The van der Waals surface area contributed by atoms with Gasteiger partial charge in [0, 0.05) is 25.2 Å². The third-order valence-corrected chi connectivity index (χ3v) is 3.57. The van der Waals surface area contributed by atoms with E-state index >= 15 is 0 Å². The van der Waals surface area contributed by atoms with E-state index in [2.05, 4.69) is 25.3 Å². The number of rotatable bonds is 6. The lowest BCUT2D eigenvalue weighted by Gasteiger charge is -2.39. The number of carbonyl (C=O) groups excluding carboxylic acids is 1. The fourth-order valence-corrected chi connectivity index (χ4v) is 2.07. The zero-order valence-corrected chi connectivity index (χ0v) is 12.3. The molecule has 0 N–H and O–H groups in total. The zero-order chi connectivity index (χ0) is 13.9. The number of ether oxygens (including phenoxy) is 1. The Morgan fingerprint density at radius 2 is 1.89 bits per heavy atom. The van der Waals surface area contributed by atoms with E-state index in [4.69, 9.17) is 4.74 Å². The third kappa shape index (κ3) is 3.56. The van der Waals surface area contributed by atoms with Gasteiger partial charge in [0.05, 0.1) is 19.3 Å². The van der Waals surface area contributed by atoms with Crippen molar-refractivity contribution in [3.05, 3.63) is 12.2 Å². The van der Waals surface area contributed by atoms with Crippen LogP contribution in [0, 0.1) is 5.92 Å². The maximum Gasteiger partial charge on any atom is 0.250 e. The predicted octanol–water partition coefficient (Wildman–Crippen LogP) is 1.38. The summed E-state index contributed by atoms with van der Waals surface area (Å²) in [5, 5.41) is 0. The Labute approximate surface area is 111 Å². The van der Waals surface area contributed by atoms with Crippen LogP contribution in [0.25, 0.3) is 0 Å². The smallest absolute Gasteiger partial charge is 0.250 e. The number of hydrogen-bond acceptors (Lipinski definition) is 3. The molecule has 0 aromatic carbocycles. The van der Waals surface area contributed by atoms with Gasteiger partial charge in [-0.15, -0.1) is 0 Å². The largest absolute Gasteiger partial charge is 0.378 e. The van der Waals surface area contributed by atoms with Crippen LogP contribution >= 0.6 is 0 Å². The normalized spacial score (nSPS) is 17.7. The fraction of sp³-hybridized carbons (Fsp3) is 0.786. The van der Waals surface area contributed by atoms with Gasteiger partial charge in [-0.05, 0) is 19.9 Å². The Morgan fingerprint density at radius 3 is 2.28 bits per heavy atom. The summed E-state index contributed by atoms with van der Waals surface area (Å²) in [5.41, 5.74) is 0.660. The first kappa shape index (κ1) is 15.2. The second kappa shape index (κ2) is 6.34. The van der Waals surface area contributed by atoms with Crippen molar-refractivity contribution in [2.75, 3.05) is 33.9 Å². The summed E-state index contributed by atoms with van der Waals surface area (Å²) in [6, 6.07) is 0.473. The first-order valence-electron chi connectivity index (χ1n) is 6.58. The van der Waals surface area contributed by atoms with Crippen LogP contribution in [0.4, 0.5) is 0 Å². The Morgan fingerprint density at radius 1 is 1.33 bits per heavy atom. The molecule has 1 unspecified atom stereocenters. The number of nitrogens with zero attached hydrogens (tertiary/aromatic N) is 2. The maximum atomic E-state index is 12.2. The fourth-order valence-electron chi connectivity index (χ4n) is 2.07. The molecule has 1 saturated heterocycles. The molecule has 4 heteroatoms. The van der Waals surface area contributed by atoms with E-state index in [0.29, 0.717) is 17.5 Å². The zero-order valence-electron chi connectivity index (χ0n) is 12.3. The summed E-state index contributed by atoms with van der Waals surface area (Å²) in [7, 11) is 3.87. The van der Waals surface area contributed by atoms with Crippen molar-refractivity contribution in [2.24, 2.45) is 5.92 Å². The van der Waals surface area contributed by atoms with E-state index in [1.165, 1.54) is 0 Å². The molecule has 0 saturated carbocycles. The minimum Gasteiger partial charge on any atom is -0.378 e. The quantitative estimate of drug-likeness (QED) is 0.671. The minimum atomic E-state index is 0.0447. The molecule has 0 aromatic heterocycles. The number of amides is 1. The molecule has 1 aliphatic rings. The molecule has 0 aliphatic carbocycles. The molecular weight excluding hydrogens is 228 g/mol. The molecule has 1 amide bonds. The monoisotopic (exact) mass is 254 g/mol. The van der Waals surface area contributed by atoms with Gasteiger partial charge in [0.25, 0.3) is 5.91 Å². The summed E-state index contributed by atoms with van der Waals surface area (Å²) in [4.78, 5) is 16.2. The number of hydrogen-bond donors (Lipinski definition) is 0. The molecule has 1 aliphatic heterocycles. The van der Waals surface area contributed by atoms with Gasteiger partial charge in [0.1, 0.15) is 0 Å². The highest BCUT2D eigenvalue weighted by molar-refractivity contribution is 5.93. The molecule has 18 heavy (non-hydrogen) atoms. The van der Waals surface area contributed by atoms with Gasteiger partial charge < -0.3 is 9.64 Å². The Balaban J connectivity index is 2.53. The lowest BCUT2D eigenvalue weighted by Crippen LogP contribution is -2.52. The molecule has 1 heterocycles. The van der Waals surface area contributed by atoms with E-state index in [1.54, 1.807) is 4.90 Å². The van der Waals surface area contributed by atoms with Crippen LogP contribution in [-0.2, 0) is 9.53 Å². The van der Waals surface area contributed by atoms with Crippen molar-refractivity contribution in [1.29, 1.82) is 0 Å².